The molecule has 0 bridgehead atoms. The lowest BCUT2D eigenvalue weighted by atomic mass is 9.96. The van der Waals surface area contributed by atoms with Gasteiger partial charge in [-0.05, 0) is 35.6 Å². The summed E-state index contributed by atoms with van der Waals surface area (Å²) in [5, 5.41) is 0. The Morgan fingerprint density at radius 3 is 2.54 bits per heavy atom. The second-order valence-corrected chi connectivity index (χ2v) is 6.56. The van der Waals surface area contributed by atoms with Gasteiger partial charge in [-0.2, -0.15) is 0 Å². The third-order valence-electron chi connectivity index (χ3n) is 4.71. The van der Waals surface area contributed by atoms with Crippen LogP contribution in [-0.4, -0.2) is 36.7 Å². The highest BCUT2D eigenvalue weighted by Crippen LogP contribution is 2.25. The van der Waals surface area contributed by atoms with Gasteiger partial charge in [-0.3, -0.25) is 4.79 Å². The Hall–Kier alpha value is -2.82. The number of ether oxygens (including phenoxy) is 2. The zero-order valence-electron chi connectivity index (χ0n) is 15.1. The number of methoxy groups -OCH3 is 1. The Labute approximate surface area is 153 Å². The highest BCUT2D eigenvalue weighted by atomic mass is 16.6. The van der Waals surface area contributed by atoms with Crippen molar-refractivity contribution in [1.29, 1.82) is 0 Å². The lowest BCUT2D eigenvalue weighted by molar-refractivity contribution is -0.129. The average Bonchev–Trinajstić information content (AvgIpc) is 3.02. The first-order chi connectivity index (χ1) is 12.6. The molecule has 2 amide bonds. The van der Waals surface area contributed by atoms with Gasteiger partial charge in [-0.1, -0.05) is 49.4 Å². The maximum Gasteiger partial charge on any atom is 0.416 e. The fourth-order valence-electron chi connectivity index (χ4n) is 3.21. The fraction of sp³-hybridized carbons (Fsp3) is 0.333. The largest absolute Gasteiger partial charge is 0.497 e. The van der Waals surface area contributed by atoms with E-state index in [4.69, 9.17) is 9.47 Å². The van der Waals surface area contributed by atoms with Crippen LogP contribution in [0.2, 0.25) is 0 Å². The number of cyclic esters (lactones) is 1. The van der Waals surface area contributed by atoms with E-state index in [1.165, 1.54) is 4.90 Å². The molecule has 5 nitrogen and oxygen atoms in total. The van der Waals surface area contributed by atoms with Crippen molar-refractivity contribution in [2.24, 2.45) is 0 Å². The Morgan fingerprint density at radius 1 is 1.19 bits per heavy atom. The van der Waals surface area contributed by atoms with Gasteiger partial charge in [0.15, 0.2) is 0 Å². The normalized spacial score (nSPS) is 17.7. The maximum atomic E-state index is 12.8. The number of rotatable bonds is 6. The second-order valence-electron chi connectivity index (χ2n) is 6.56. The zero-order chi connectivity index (χ0) is 18.5. The van der Waals surface area contributed by atoms with Crippen molar-refractivity contribution in [1.82, 2.24) is 4.90 Å². The Kier molecular flexibility index (Phi) is 5.56. The molecule has 2 aromatic carbocycles. The third-order valence-corrected chi connectivity index (χ3v) is 4.71. The number of carbonyl (C=O) groups excluding carboxylic acids is 2. The van der Waals surface area contributed by atoms with Gasteiger partial charge >= 0.3 is 6.09 Å². The first kappa shape index (κ1) is 18.0. The minimum Gasteiger partial charge on any atom is -0.497 e. The van der Waals surface area contributed by atoms with Gasteiger partial charge in [0.2, 0.25) is 5.91 Å². The van der Waals surface area contributed by atoms with Crippen LogP contribution >= 0.6 is 0 Å². The molecule has 26 heavy (non-hydrogen) atoms. The number of hydrogen-bond donors (Lipinski definition) is 0. The van der Waals surface area contributed by atoms with Crippen molar-refractivity contribution in [3.8, 4) is 5.75 Å². The summed E-state index contributed by atoms with van der Waals surface area (Å²) < 4.78 is 10.3. The summed E-state index contributed by atoms with van der Waals surface area (Å²) >= 11 is 0. The van der Waals surface area contributed by atoms with Gasteiger partial charge in [-0.15, -0.1) is 0 Å². The summed E-state index contributed by atoms with van der Waals surface area (Å²) in [6.45, 7) is 2.23. The third kappa shape index (κ3) is 4.04. The lowest BCUT2D eigenvalue weighted by Gasteiger charge is -2.21. The van der Waals surface area contributed by atoms with Crippen molar-refractivity contribution in [2.45, 2.75) is 31.7 Å². The van der Waals surface area contributed by atoms with E-state index in [2.05, 4.69) is 0 Å². The summed E-state index contributed by atoms with van der Waals surface area (Å²) in [6, 6.07) is 17.2. The molecule has 1 aliphatic rings. The summed E-state index contributed by atoms with van der Waals surface area (Å²) in [7, 11) is 1.62. The number of imide groups is 1. The van der Waals surface area contributed by atoms with Crippen molar-refractivity contribution in [3.63, 3.8) is 0 Å². The van der Waals surface area contributed by atoms with E-state index in [0.717, 1.165) is 16.9 Å². The van der Waals surface area contributed by atoms with Crippen LogP contribution in [0.15, 0.2) is 54.6 Å². The summed E-state index contributed by atoms with van der Waals surface area (Å²) in [5.41, 5.74) is 2.11. The molecule has 0 spiro atoms. The number of amides is 2. The molecule has 136 valence electrons. The Balaban J connectivity index is 1.67. The lowest BCUT2D eigenvalue weighted by Crippen LogP contribution is -2.40. The standard InChI is InChI=1S/C21H23NO4/c1-15(17-8-10-19(25-2)11-9-17)12-20(23)22-18(14-26-21(22)24)13-16-6-4-3-5-7-16/h3-11,15,18H,12-14H2,1-2H3/t15-,18+/m0/s1. The molecular formula is C21H23NO4. The molecule has 0 unspecified atom stereocenters. The molecule has 2 aromatic rings. The quantitative estimate of drug-likeness (QED) is 0.793. The smallest absolute Gasteiger partial charge is 0.416 e. The van der Waals surface area contributed by atoms with Gasteiger partial charge in [-0.25, -0.2) is 9.69 Å². The number of hydrogen-bond acceptors (Lipinski definition) is 4. The molecule has 0 aromatic heterocycles. The van der Waals surface area contributed by atoms with E-state index in [-0.39, 0.29) is 30.9 Å². The topological polar surface area (TPSA) is 55.8 Å². The molecule has 0 radical (unpaired) electrons. The van der Waals surface area contributed by atoms with Crippen LogP contribution < -0.4 is 4.74 Å². The van der Waals surface area contributed by atoms with E-state index in [0.29, 0.717) is 6.42 Å². The van der Waals surface area contributed by atoms with Crippen LogP contribution in [0.3, 0.4) is 0 Å². The summed E-state index contributed by atoms with van der Waals surface area (Å²) in [4.78, 5) is 26.1. The van der Waals surface area contributed by atoms with Crippen LogP contribution in [0.1, 0.15) is 30.4 Å². The van der Waals surface area contributed by atoms with Crippen LogP contribution in [0.4, 0.5) is 4.79 Å². The van der Waals surface area contributed by atoms with Gasteiger partial charge in [0.05, 0.1) is 13.2 Å². The highest BCUT2D eigenvalue weighted by Gasteiger charge is 2.38. The first-order valence-electron chi connectivity index (χ1n) is 8.75. The SMILES string of the molecule is COc1ccc([C@@H](C)CC(=O)N2C(=O)OC[C@H]2Cc2ccccc2)cc1. The number of carbonyl (C=O) groups is 2. The van der Waals surface area contributed by atoms with Gasteiger partial charge in [0.25, 0.3) is 0 Å². The number of benzene rings is 2. The molecule has 3 rings (SSSR count). The fourth-order valence-corrected chi connectivity index (χ4v) is 3.21. The molecule has 5 heteroatoms. The Morgan fingerprint density at radius 2 is 1.88 bits per heavy atom. The molecule has 1 fully saturated rings. The van der Waals surface area contributed by atoms with Crippen molar-refractivity contribution in [2.75, 3.05) is 13.7 Å². The second kappa shape index (κ2) is 8.04. The molecule has 0 N–H and O–H groups in total. The molecule has 2 atom stereocenters. The van der Waals surface area contributed by atoms with Crippen LogP contribution in [-0.2, 0) is 16.0 Å². The molecule has 0 saturated carbocycles. The predicted octanol–water partition coefficient (Wildman–Crippen LogP) is 3.78. The van der Waals surface area contributed by atoms with Crippen molar-refractivity contribution in [3.05, 3.63) is 65.7 Å². The monoisotopic (exact) mass is 353 g/mol. The van der Waals surface area contributed by atoms with E-state index in [1.807, 2.05) is 61.5 Å². The highest BCUT2D eigenvalue weighted by molar-refractivity contribution is 5.93. The molecule has 1 aliphatic heterocycles. The van der Waals surface area contributed by atoms with E-state index < -0.39 is 6.09 Å². The minimum atomic E-state index is -0.544. The van der Waals surface area contributed by atoms with Crippen molar-refractivity contribution >= 4 is 12.0 Å². The Bertz CT molecular complexity index is 757. The summed E-state index contributed by atoms with van der Waals surface area (Å²) in [5.74, 6) is 0.578. The molecule has 0 aliphatic carbocycles. The summed E-state index contributed by atoms with van der Waals surface area (Å²) in [6.07, 6.45) is 0.319. The first-order valence-corrected chi connectivity index (χ1v) is 8.75. The van der Waals surface area contributed by atoms with Gasteiger partial charge in [0.1, 0.15) is 12.4 Å². The van der Waals surface area contributed by atoms with Gasteiger partial charge < -0.3 is 9.47 Å². The zero-order valence-corrected chi connectivity index (χ0v) is 15.1. The van der Waals surface area contributed by atoms with Crippen LogP contribution in [0.5, 0.6) is 5.75 Å². The van der Waals surface area contributed by atoms with Crippen LogP contribution in [0, 0.1) is 0 Å². The van der Waals surface area contributed by atoms with Crippen LogP contribution in [0.25, 0.3) is 0 Å². The number of nitrogens with zero attached hydrogens (tertiary/aromatic N) is 1. The van der Waals surface area contributed by atoms with Gasteiger partial charge in [0, 0.05) is 6.42 Å². The predicted molar refractivity (Wildman–Crippen MR) is 98.2 cm³/mol. The van der Waals surface area contributed by atoms with E-state index in [9.17, 15) is 9.59 Å². The van der Waals surface area contributed by atoms with Crippen molar-refractivity contribution < 1.29 is 19.1 Å². The minimum absolute atomic E-state index is 0.000758. The molecule has 1 heterocycles. The molecule has 1 saturated heterocycles. The average molecular weight is 353 g/mol. The van der Waals surface area contributed by atoms with E-state index in [1.54, 1.807) is 7.11 Å². The maximum absolute atomic E-state index is 12.8. The van der Waals surface area contributed by atoms with E-state index >= 15 is 0 Å². The molecular weight excluding hydrogens is 330 g/mol.